The Morgan fingerprint density at radius 2 is 2.16 bits per heavy atom. The van der Waals surface area contributed by atoms with Crippen LogP contribution in [-0.2, 0) is 6.42 Å². The van der Waals surface area contributed by atoms with E-state index in [2.05, 4.69) is 21.2 Å². The number of carbonyl (C=O) groups is 1. The van der Waals surface area contributed by atoms with E-state index in [9.17, 15) is 4.79 Å². The lowest BCUT2D eigenvalue weighted by molar-refractivity contribution is 0.0953. The molecule has 5 heteroatoms. The van der Waals surface area contributed by atoms with E-state index < -0.39 is 0 Å². The molecule has 2 aromatic rings. The van der Waals surface area contributed by atoms with Crippen LogP contribution >= 0.6 is 38.9 Å². The van der Waals surface area contributed by atoms with Crippen molar-refractivity contribution in [3.63, 3.8) is 0 Å². The van der Waals surface area contributed by atoms with Crippen LogP contribution in [0.5, 0.6) is 0 Å². The summed E-state index contributed by atoms with van der Waals surface area (Å²) in [6.07, 6.45) is 0.798. The minimum absolute atomic E-state index is 0.0572. The maximum absolute atomic E-state index is 12.0. The quantitative estimate of drug-likeness (QED) is 0.860. The van der Waals surface area contributed by atoms with Crippen LogP contribution in [0.15, 0.2) is 34.8 Å². The van der Waals surface area contributed by atoms with Crippen LogP contribution in [0.2, 0.25) is 4.34 Å². The molecular weight excluding hydrogens is 346 g/mol. The van der Waals surface area contributed by atoms with Crippen molar-refractivity contribution in [1.82, 2.24) is 5.32 Å². The van der Waals surface area contributed by atoms with E-state index in [4.69, 9.17) is 11.6 Å². The fourth-order valence-electron chi connectivity index (χ4n) is 1.69. The summed E-state index contributed by atoms with van der Waals surface area (Å²) in [7, 11) is 0. The molecule has 0 aliphatic rings. The van der Waals surface area contributed by atoms with E-state index in [0.29, 0.717) is 12.1 Å². The number of benzene rings is 1. The number of hydrogen-bond acceptors (Lipinski definition) is 2. The summed E-state index contributed by atoms with van der Waals surface area (Å²) in [5.41, 5.74) is 1.74. The zero-order valence-electron chi connectivity index (χ0n) is 10.4. The molecule has 100 valence electrons. The lowest BCUT2D eigenvalue weighted by Gasteiger charge is -2.07. The van der Waals surface area contributed by atoms with Gasteiger partial charge in [0.15, 0.2) is 0 Å². The molecule has 1 aromatic carbocycles. The van der Waals surface area contributed by atoms with Crippen LogP contribution in [0.25, 0.3) is 0 Å². The fourth-order valence-corrected chi connectivity index (χ4v) is 3.21. The average molecular weight is 359 g/mol. The number of halogens is 2. The summed E-state index contributed by atoms with van der Waals surface area (Å²) in [4.78, 5) is 13.2. The monoisotopic (exact) mass is 357 g/mol. The number of hydrogen-bond donors (Lipinski definition) is 1. The maximum Gasteiger partial charge on any atom is 0.252 e. The third-order valence-corrected chi connectivity index (χ3v) is 4.63. The Bertz CT molecular complexity index is 597. The summed E-state index contributed by atoms with van der Waals surface area (Å²) in [6.45, 7) is 2.58. The second-order valence-corrected chi connectivity index (χ2v) is 6.85. The lowest BCUT2D eigenvalue weighted by Crippen LogP contribution is -2.25. The van der Waals surface area contributed by atoms with Crippen molar-refractivity contribution in [2.75, 3.05) is 6.54 Å². The lowest BCUT2D eigenvalue weighted by atomic mass is 10.1. The summed E-state index contributed by atoms with van der Waals surface area (Å²) in [5, 5.41) is 2.92. The third-order valence-electron chi connectivity index (χ3n) is 2.65. The van der Waals surface area contributed by atoms with Crippen LogP contribution in [0, 0.1) is 6.92 Å². The van der Waals surface area contributed by atoms with Gasteiger partial charge in [-0.1, -0.05) is 23.2 Å². The summed E-state index contributed by atoms with van der Waals surface area (Å²) >= 11 is 10.8. The zero-order valence-corrected chi connectivity index (χ0v) is 13.5. The number of carbonyl (C=O) groups excluding carboxylic acids is 1. The Morgan fingerprint density at radius 1 is 1.37 bits per heavy atom. The predicted molar refractivity (Wildman–Crippen MR) is 84.2 cm³/mol. The molecule has 1 N–H and O–H groups in total. The molecule has 0 aliphatic heterocycles. The first-order valence-electron chi connectivity index (χ1n) is 5.85. The molecule has 0 atom stereocenters. The van der Waals surface area contributed by atoms with Gasteiger partial charge in [0.1, 0.15) is 0 Å². The van der Waals surface area contributed by atoms with Gasteiger partial charge in [-0.2, -0.15) is 0 Å². The number of rotatable bonds is 4. The molecule has 2 nitrogen and oxygen atoms in total. The van der Waals surface area contributed by atoms with E-state index in [0.717, 1.165) is 20.8 Å². The minimum atomic E-state index is -0.0572. The molecule has 1 amide bonds. The minimum Gasteiger partial charge on any atom is -0.352 e. The third kappa shape index (κ3) is 4.06. The van der Waals surface area contributed by atoms with Gasteiger partial charge in [0, 0.05) is 15.9 Å². The fraction of sp³-hybridized carbons (Fsp3) is 0.214. The van der Waals surface area contributed by atoms with E-state index in [-0.39, 0.29) is 5.91 Å². The van der Waals surface area contributed by atoms with Crippen molar-refractivity contribution in [2.45, 2.75) is 13.3 Å². The number of thiophene rings is 1. The second-order valence-electron chi connectivity index (χ2n) is 4.20. The molecule has 0 spiro atoms. The van der Waals surface area contributed by atoms with Crippen molar-refractivity contribution in [1.29, 1.82) is 0 Å². The molecule has 0 saturated heterocycles. The molecule has 0 unspecified atom stereocenters. The van der Waals surface area contributed by atoms with Crippen molar-refractivity contribution < 1.29 is 4.79 Å². The highest BCUT2D eigenvalue weighted by atomic mass is 79.9. The van der Waals surface area contributed by atoms with Crippen LogP contribution in [-0.4, -0.2) is 12.5 Å². The molecule has 1 heterocycles. The van der Waals surface area contributed by atoms with Crippen LogP contribution in [0.1, 0.15) is 20.8 Å². The number of amides is 1. The topological polar surface area (TPSA) is 29.1 Å². The van der Waals surface area contributed by atoms with Crippen LogP contribution in [0.3, 0.4) is 0 Å². The Balaban J connectivity index is 1.92. The van der Waals surface area contributed by atoms with Gasteiger partial charge in [0.25, 0.3) is 5.91 Å². The molecule has 0 saturated carbocycles. The largest absolute Gasteiger partial charge is 0.352 e. The number of nitrogens with one attached hydrogen (secondary N) is 1. The molecule has 0 fully saturated rings. The van der Waals surface area contributed by atoms with Gasteiger partial charge < -0.3 is 5.32 Å². The Labute approximate surface area is 129 Å². The van der Waals surface area contributed by atoms with Gasteiger partial charge in [-0.05, 0) is 53.5 Å². The zero-order chi connectivity index (χ0) is 13.8. The molecule has 0 aliphatic carbocycles. The van der Waals surface area contributed by atoms with Gasteiger partial charge in [-0.3, -0.25) is 4.79 Å². The highest BCUT2D eigenvalue weighted by Gasteiger charge is 2.09. The van der Waals surface area contributed by atoms with Crippen LogP contribution in [0.4, 0.5) is 0 Å². The normalized spacial score (nSPS) is 10.5. The van der Waals surface area contributed by atoms with Crippen molar-refractivity contribution in [3.8, 4) is 0 Å². The standard InChI is InChI=1S/C14H13BrClNOS/c1-9-2-4-12(15)11(8-9)14(18)17-7-6-10-3-5-13(16)19-10/h2-5,8H,6-7H2,1H3,(H,17,18). The molecule has 0 bridgehead atoms. The van der Waals surface area contributed by atoms with Crippen molar-refractivity contribution in [3.05, 3.63) is 55.1 Å². The molecule has 2 rings (SSSR count). The smallest absolute Gasteiger partial charge is 0.252 e. The van der Waals surface area contributed by atoms with Gasteiger partial charge in [0.05, 0.1) is 9.90 Å². The van der Waals surface area contributed by atoms with Crippen molar-refractivity contribution >= 4 is 44.8 Å². The molecule has 19 heavy (non-hydrogen) atoms. The highest BCUT2D eigenvalue weighted by Crippen LogP contribution is 2.21. The van der Waals surface area contributed by atoms with E-state index in [1.54, 1.807) is 11.3 Å². The van der Waals surface area contributed by atoms with Gasteiger partial charge in [-0.15, -0.1) is 11.3 Å². The van der Waals surface area contributed by atoms with Gasteiger partial charge in [0.2, 0.25) is 0 Å². The first kappa shape index (κ1) is 14.6. The van der Waals surface area contributed by atoms with Gasteiger partial charge >= 0.3 is 0 Å². The molecule has 0 radical (unpaired) electrons. The van der Waals surface area contributed by atoms with Crippen LogP contribution < -0.4 is 5.32 Å². The highest BCUT2D eigenvalue weighted by molar-refractivity contribution is 9.10. The van der Waals surface area contributed by atoms with E-state index >= 15 is 0 Å². The first-order chi connectivity index (χ1) is 9.06. The Hall–Kier alpha value is -0.840. The summed E-state index contributed by atoms with van der Waals surface area (Å²) in [5.74, 6) is -0.0572. The van der Waals surface area contributed by atoms with E-state index in [1.807, 2.05) is 37.3 Å². The predicted octanol–water partition coefficient (Wildman–Crippen LogP) is 4.44. The average Bonchev–Trinajstić information content (AvgIpc) is 2.78. The Kier molecular flexibility index (Phi) is 5.02. The second kappa shape index (κ2) is 6.55. The Morgan fingerprint density at radius 3 is 2.84 bits per heavy atom. The first-order valence-corrected chi connectivity index (χ1v) is 7.83. The SMILES string of the molecule is Cc1ccc(Br)c(C(=O)NCCc2ccc(Cl)s2)c1. The van der Waals surface area contributed by atoms with Gasteiger partial charge in [-0.25, -0.2) is 0 Å². The van der Waals surface area contributed by atoms with E-state index in [1.165, 1.54) is 4.88 Å². The molecule has 1 aromatic heterocycles. The molecular formula is C14H13BrClNOS. The van der Waals surface area contributed by atoms with Crippen molar-refractivity contribution in [2.24, 2.45) is 0 Å². The summed E-state index contributed by atoms with van der Waals surface area (Å²) in [6, 6.07) is 9.60. The number of aryl methyl sites for hydroxylation is 1. The summed E-state index contributed by atoms with van der Waals surface area (Å²) < 4.78 is 1.59. The maximum atomic E-state index is 12.0.